The van der Waals surface area contributed by atoms with Crippen LogP contribution in [0.2, 0.25) is 0 Å². The molecule has 0 saturated carbocycles. The van der Waals surface area contributed by atoms with E-state index in [-0.39, 0.29) is 11.7 Å². The van der Waals surface area contributed by atoms with E-state index in [0.29, 0.717) is 31.0 Å². The number of amides is 1. The van der Waals surface area contributed by atoms with Gasteiger partial charge < -0.3 is 15.8 Å². The largest absolute Gasteiger partial charge is 0.492 e. The molecule has 1 amide bonds. The number of nitrogens with one attached hydrogen (secondary N) is 1. The third-order valence-corrected chi connectivity index (χ3v) is 3.39. The zero-order chi connectivity index (χ0) is 17.4. The second-order valence-electron chi connectivity index (χ2n) is 5.23. The first kappa shape index (κ1) is 17.5. The van der Waals surface area contributed by atoms with Gasteiger partial charge in [-0.1, -0.05) is 18.2 Å². The lowest BCUT2D eigenvalue weighted by Crippen LogP contribution is -2.23. The molecule has 0 fully saturated rings. The van der Waals surface area contributed by atoms with Crippen molar-refractivity contribution in [2.24, 2.45) is 0 Å². The predicted octanol–water partition coefficient (Wildman–Crippen LogP) is 3.18. The highest BCUT2D eigenvalue weighted by Crippen LogP contribution is 2.22. The van der Waals surface area contributed by atoms with E-state index in [9.17, 15) is 9.18 Å². The van der Waals surface area contributed by atoms with Gasteiger partial charge in [0, 0.05) is 12.6 Å². The molecule has 0 spiro atoms. The number of benzene rings is 2. The van der Waals surface area contributed by atoms with Crippen LogP contribution in [0.25, 0.3) is 6.08 Å². The van der Waals surface area contributed by atoms with E-state index in [1.165, 1.54) is 18.2 Å². The van der Waals surface area contributed by atoms with Crippen molar-refractivity contribution in [3.63, 3.8) is 0 Å². The smallest absolute Gasteiger partial charge is 0.244 e. The number of hydrogen-bond acceptors (Lipinski definition) is 3. The molecule has 0 unspecified atom stereocenters. The monoisotopic (exact) mass is 328 g/mol. The second kappa shape index (κ2) is 8.72. The molecule has 126 valence electrons. The Bertz CT molecular complexity index is 712. The van der Waals surface area contributed by atoms with Crippen LogP contribution < -0.4 is 15.8 Å². The third kappa shape index (κ3) is 5.43. The first-order valence-corrected chi connectivity index (χ1v) is 7.81. The minimum absolute atomic E-state index is 0.190. The summed E-state index contributed by atoms with van der Waals surface area (Å²) in [6.45, 7) is 2.93. The van der Waals surface area contributed by atoms with Crippen molar-refractivity contribution in [1.29, 1.82) is 0 Å². The van der Waals surface area contributed by atoms with E-state index >= 15 is 0 Å². The lowest BCUT2D eigenvalue weighted by atomic mass is 10.1. The molecule has 0 atom stereocenters. The minimum atomic E-state index is -0.264. The molecule has 2 aromatic rings. The zero-order valence-corrected chi connectivity index (χ0v) is 13.6. The van der Waals surface area contributed by atoms with Crippen LogP contribution in [0.1, 0.15) is 18.1 Å². The van der Waals surface area contributed by atoms with Gasteiger partial charge in [-0.25, -0.2) is 4.39 Å². The molecule has 0 aliphatic rings. The van der Waals surface area contributed by atoms with Crippen molar-refractivity contribution >= 4 is 17.7 Å². The fraction of sp³-hybridized carbons (Fsp3) is 0.211. The van der Waals surface area contributed by atoms with Crippen LogP contribution >= 0.6 is 0 Å². The number of carbonyl (C=O) groups excluding carboxylic acids is 1. The summed E-state index contributed by atoms with van der Waals surface area (Å²) in [5, 5.41) is 2.79. The topological polar surface area (TPSA) is 64.3 Å². The molecule has 0 aliphatic carbocycles. The van der Waals surface area contributed by atoms with Crippen molar-refractivity contribution < 1.29 is 13.9 Å². The Morgan fingerprint density at radius 3 is 2.67 bits per heavy atom. The number of hydrogen-bond donors (Lipinski definition) is 2. The maximum Gasteiger partial charge on any atom is 0.244 e. The van der Waals surface area contributed by atoms with Crippen molar-refractivity contribution in [2.75, 3.05) is 18.9 Å². The molecule has 5 heteroatoms. The number of halogens is 1. The molecule has 3 N–H and O–H groups in total. The fourth-order valence-electron chi connectivity index (χ4n) is 2.17. The zero-order valence-electron chi connectivity index (χ0n) is 13.6. The van der Waals surface area contributed by atoms with Crippen LogP contribution in [0, 0.1) is 5.82 Å². The molecule has 0 aliphatic heterocycles. The van der Waals surface area contributed by atoms with E-state index < -0.39 is 0 Å². The highest BCUT2D eigenvalue weighted by molar-refractivity contribution is 5.91. The fourth-order valence-corrected chi connectivity index (χ4v) is 2.17. The molecule has 2 aromatic carbocycles. The molecule has 0 aromatic heterocycles. The summed E-state index contributed by atoms with van der Waals surface area (Å²) in [5.74, 6) is 0.184. The van der Waals surface area contributed by atoms with Gasteiger partial charge in [-0.3, -0.25) is 4.79 Å². The quantitative estimate of drug-likeness (QED) is 0.606. The number of carbonyl (C=O) groups is 1. The average Bonchev–Trinajstić information content (AvgIpc) is 2.57. The van der Waals surface area contributed by atoms with Gasteiger partial charge in [0.25, 0.3) is 0 Å². The third-order valence-electron chi connectivity index (χ3n) is 3.39. The van der Waals surface area contributed by atoms with Crippen LogP contribution in [0.5, 0.6) is 5.75 Å². The van der Waals surface area contributed by atoms with Crippen molar-refractivity contribution in [2.45, 2.75) is 13.3 Å². The van der Waals surface area contributed by atoms with Crippen molar-refractivity contribution in [3.8, 4) is 5.75 Å². The Balaban J connectivity index is 1.82. The molecule has 0 saturated heterocycles. The lowest BCUT2D eigenvalue weighted by Gasteiger charge is -2.07. The Morgan fingerprint density at radius 1 is 1.25 bits per heavy atom. The van der Waals surface area contributed by atoms with Crippen molar-refractivity contribution in [3.05, 3.63) is 65.5 Å². The number of nitrogen functional groups attached to an aromatic ring is 1. The summed E-state index contributed by atoms with van der Waals surface area (Å²) < 4.78 is 18.2. The Labute approximate surface area is 141 Å². The molecule has 0 radical (unpaired) electrons. The highest BCUT2D eigenvalue weighted by atomic mass is 19.1. The summed E-state index contributed by atoms with van der Waals surface area (Å²) in [7, 11) is 0. The van der Waals surface area contributed by atoms with E-state index in [4.69, 9.17) is 10.5 Å². The van der Waals surface area contributed by atoms with Gasteiger partial charge in [0.05, 0.1) is 12.3 Å². The van der Waals surface area contributed by atoms with Gasteiger partial charge in [0.15, 0.2) is 0 Å². The average molecular weight is 328 g/mol. The SMILES string of the molecule is CCOc1ccc(/C=C\C(=O)NCCc2ccc(F)cc2)cc1N. The van der Waals surface area contributed by atoms with Gasteiger partial charge in [-0.2, -0.15) is 0 Å². The Kier molecular flexibility index (Phi) is 6.37. The maximum atomic E-state index is 12.8. The lowest BCUT2D eigenvalue weighted by molar-refractivity contribution is -0.116. The van der Waals surface area contributed by atoms with Crippen LogP contribution in [-0.2, 0) is 11.2 Å². The Morgan fingerprint density at radius 2 is 2.00 bits per heavy atom. The standard InChI is InChI=1S/C19H21FN2O2/c1-2-24-18-9-5-15(13-17(18)21)6-10-19(23)22-12-11-14-3-7-16(20)8-4-14/h3-10,13H,2,11-12,21H2,1H3,(H,22,23)/b10-6-. The summed E-state index contributed by atoms with van der Waals surface area (Å²) in [6.07, 6.45) is 3.80. The maximum absolute atomic E-state index is 12.8. The summed E-state index contributed by atoms with van der Waals surface area (Å²) in [5.41, 5.74) is 8.22. The molecule has 0 heterocycles. The van der Waals surface area contributed by atoms with Crippen molar-refractivity contribution in [1.82, 2.24) is 5.32 Å². The number of ether oxygens (including phenoxy) is 1. The highest BCUT2D eigenvalue weighted by Gasteiger charge is 2.01. The summed E-state index contributed by atoms with van der Waals surface area (Å²) >= 11 is 0. The summed E-state index contributed by atoms with van der Waals surface area (Å²) in [4.78, 5) is 11.8. The first-order chi connectivity index (χ1) is 11.6. The van der Waals surface area contributed by atoms with Gasteiger partial charge in [0.2, 0.25) is 5.91 Å². The van der Waals surface area contributed by atoms with Crippen LogP contribution in [-0.4, -0.2) is 19.1 Å². The van der Waals surface area contributed by atoms with E-state index in [1.807, 2.05) is 13.0 Å². The minimum Gasteiger partial charge on any atom is -0.492 e. The van der Waals surface area contributed by atoms with Gasteiger partial charge >= 0.3 is 0 Å². The predicted molar refractivity (Wildman–Crippen MR) is 94.2 cm³/mol. The van der Waals surface area contributed by atoms with Crippen LogP contribution in [0.3, 0.4) is 0 Å². The molecule has 0 bridgehead atoms. The molecule has 24 heavy (non-hydrogen) atoms. The molecule has 4 nitrogen and oxygen atoms in total. The Hall–Kier alpha value is -2.82. The van der Waals surface area contributed by atoms with Gasteiger partial charge in [0.1, 0.15) is 11.6 Å². The van der Waals surface area contributed by atoms with Gasteiger partial charge in [-0.05, 0) is 54.8 Å². The first-order valence-electron chi connectivity index (χ1n) is 7.81. The van der Waals surface area contributed by atoms with E-state index in [0.717, 1.165) is 11.1 Å². The van der Waals surface area contributed by atoms with Gasteiger partial charge in [-0.15, -0.1) is 0 Å². The number of rotatable bonds is 7. The van der Waals surface area contributed by atoms with Crippen LogP contribution in [0.15, 0.2) is 48.5 Å². The second-order valence-corrected chi connectivity index (χ2v) is 5.23. The van der Waals surface area contributed by atoms with E-state index in [1.54, 1.807) is 30.3 Å². The molecular formula is C19H21FN2O2. The molecule has 2 rings (SSSR count). The summed E-state index contributed by atoms with van der Waals surface area (Å²) in [6, 6.07) is 11.6. The number of nitrogens with two attached hydrogens (primary N) is 1. The normalized spacial score (nSPS) is 10.8. The molecular weight excluding hydrogens is 307 g/mol. The number of anilines is 1. The van der Waals surface area contributed by atoms with Crippen LogP contribution in [0.4, 0.5) is 10.1 Å². The van der Waals surface area contributed by atoms with E-state index in [2.05, 4.69) is 5.32 Å².